The molecule has 2 heterocycles. The first-order valence-electron chi connectivity index (χ1n) is 12.2. The standard InChI is InChI=1S/C15H12Cl2N2O.C15H10Cl2N2O.CH4/c2*16-11-6-5-10(13(17)7-11)8-19-15-4-2-1-3-12(15)14(9-20)18-19;/h1-7,20H,8-9H2;1-7,9H,8H2;1H4. The number of carbonyl (C=O) groups excluding carboxylic acids is 1. The van der Waals surface area contributed by atoms with Crippen LogP contribution in [0.15, 0.2) is 84.9 Å². The van der Waals surface area contributed by atoms with Crippen LogP contribution in [0.1, 0.15) is 34.7 Å². The van der Waals surface area contributed by atoms with Crippen molar-refractivity contribution < 1.29 is 9.90 Å². The van der Waals surface area contributed by atoms with Crippen molar-refractivity contribution in [3.8, 4) is 0 Å². The van der Waals surface area contributed by atoms with Crippen LogP contribution in [0.25, 0.3) is 21.8 Å². The molecule has 1 N–H and O–H groups in total. The van der Waals surface area contributed by atoms with Crippen molar-refractivity contribution in [3.63, 3.8) is 0 Å². The number of aldehydes is 1. The molecule has 10 heteroatoms. The van der Waals surface area contributed by atoms with Crippen molar-refractivity contribution in [1.82, 2.24) is 19.6 Å². The highest BCUT2D eigenvalue weighted by atomic mass is 35.5. The lowest BCUT2D eigenvalue weighted by molar-refractivity contribution is 0.111. The van der Waals surface area contributed by atoms with Gasteiger partial charge in [-0.25, -0.2) is 0 Å². The molecular weight excluding hydrogens is 602 g/mol. The maximum absolute atomic E-state index is 11.1. The van der Waals surface area contributed by atoms with Crippen molar-refractivity contribution in [2.24, 2.45) is 0 Å². The third-order valence-electron chi connectivity index (χ3n) is 6.35. The van der Waals surface area contributed by atoms with Gasteiger partial charge in [0.2, 0.25) is 0 Å². The van der Waals surface area contributed by atoms with E-state index in [1.165, 1.54) is 0 Å². The van der Waals surface area contributed by atoms with Gasteiger partial charge in [-0.1, -0.05) is 102 Å². The third kappa shape index (κ3) is 6.75. The first-order valence-corrected chi connectivity index (χ1v) is 13.7. The summed E-state index contributed by atoms with van der Waals surface area (Å²) in [5.41, 5.74) is 4.83. The summed E-state index contributed by atoms with van der Waals surface area (Å²) in [5.74, 6) is 0. The summed E-state index contributed by atoms with van der Waals surface area (Å²) >= 11 is 24.2. The van der Waals surface area contributed by atoms with Crippen LogP contribution < -0.4 is 0 Å². The number of aromatic nitrogens is 4. The lowest BCUT2D eigenvalue weighted by Crippen LogP contribution is -2.02. The topological polar surface area (TPSA) is 72.9 Å². The van der Waals surface area contributed by atoms with Gasteiger partial charge in [0, 0.05) is 30.9 Å². The highest BCUT2D eigenvalue weighted by molar-refractivity contribution is 6.35. The highest BCUT2D eigenvalue weighted by Gasteiger charge is 2.12. The maximum atomic E-state index is 11.1. The number of halogens is 4. The second kappa shape index (κ2) is 13.5. The molecule has 4 aromatic carbocycles. The average molecular weight is 628 g/mol. The predicted molar refractivity (Wildman–Crippen MR) is 169 cm³/mol. The number of hydrogen-bond acceptors (Lipinski definition) is 4. The molecule has 0 fully saturated rings. The molecule has 6 aromatic rings. The van der Waals surface area contributed by atoms with E-state index >= 15 is 0 Å². The SMILES string of the molecule is C.O=Cc1nn(Cc2ccc(Cl)cc2Cl)c2ccccc12.OCc1nn(Cc2ccc(Cl)cc2Cl)c2ccccc12. The normalized spacial score (nSPS) is 10.8. The Balaban J connectivity index is 0.000000184. The molecule has 0 unspecified atom stereocenters. The van der Waals surface area contributed by atoms with Crippen LogP contribution in [0.2, 0.25) is 20.1 Å². The summed E-state index contributed by atoms with van der Waals surface area (Å²) in [6.45, 7) is 0.947. The van der Waals surface area contributed by atoms with Crippen LogP contribution in [0.5, 0.6) is 0 Å². The number of para-hydroxylation sites is 2. The molecule has 0 aliphatic carbocycles. The number of nitrogens with zero attached hydrogens (tertiary/aromatic N) is 4. The molecule has 0 saturated carbocycles. The fraction of sp³-hybridized carbons (Fsp3) is 0.129. The minimum atomic E-state index is -0.0815. The number of fused-ring (bicyclic) bond motifs is 2. The molecule has 0 radical (unpaired) electrons. The summed E-state index contributed by atoms with van der Waals surface area (Å²) in [6.07, 6.45) is 0.766. The first kappa shape index (κ1) is 30.6. The Bertz CT molecular complexity index is 1830. The molecule has 0 amide bonds. The van der Waals surface area contributed by atoms with Gasteiger partial charge in [0.25, 0.3) is 0 Å². The number of aliphatic hydroxyl groups excluding tert-OH is 1. The van der Waals surface area contributed by atoms with Crippen LogP contribution >= 0.6 is 46.4 Å². The minimum Gasteiger partial charge on any atom is -0.390 e. The van der Waals surface area contributed by atoms with E-state index in [1.54, 1.807) is 28.9 Å². The van der Waals surface area contributed by atoms with Crippen LogP contribution in [0.4, 0.5) is 0 Å². The molecule has 6 rings (SSSR count). The zero-order chi connectivity index (χ0) is 28.2. The van der Waals surface area contributed by atoms with Crippen molar-refractivity contribution in [1.29, 1.82) is 0 Å². The van der Waals surface area contributed by atoms with Gasteiger partial charge in [-0.2, -0.15) is 10.2 Å². The predicted octanol–water partition coefficient (Wildman–Crippen LogP) is 8.72. The smallest absolute Gasteiger partial charge is 0.170 e. The molecular formula is C31H26Cl4N4O2. The lowest BCUT2D eigenvalue weighted by Gasteiger charge is -2.06. The average Bonchev–Trinajstić information content (AvgIpc) is 3.50. The minimum absolute atomic E-state index is 0. The summed E-state index contributed by atoms with van der Waals surface area (Å²) in [4.78, 5) is 11.1. The Kier molecular flexibility index (Phi) is 10.1. The zero-order valence-corrected chi connectivity index (χ0v) is 24.0. The van der Waals surface area contributed by atoms with E-state index in [2.05, 4.69) is 10.2 Å². The number of rotatable bonds is 6. The Morgan fingerprint density at radius 3 is 1.68 bits per heavy atom. The summed E-state index contributed by atoms with van der Waals surface area (Å²) in [7, 11) is 0. The maximum Gasteiger partial charge on any atom is 0.170 e. The molecule has 0 aliphatic heterocycles. The highest BCUT2D eigenvalue weighted by Crippen LogP contribution is 2.26. The molecule has 41 heavy (non-hydrogen) atoms. The van der Waals surface area contributed by atoms with Gasteiger partial charge < -0.3 is 5.11 Å². The quantitative estimate of drug-likeness (QED) is 0.187. The van der Waals surface area contributed by atoms with Crippen LogP contribution in [0, 0.1) is 0 Å². The van der Waals surface area contributed by atoms with Crippen LogP contribution in [0.3, 0.4) is 0 Å². The molecule has 0 aliphatic rings. The van der Waals surface area contributed by atoms with E-state index in [1.807, 2.05) is 65.3 Å². The van der Waals surface area contributed by atoms with Crippen molar-refractivity contribution in [2.75, 3.05) is 0 Å². The van der Waals surface area contributed by atoms with Gasteiger partial charge in [-0.15, -0.1) is 0 Å². The van der Waals surface area contributed by atoms with Gasteiger partial charge >= 0.3 is 0 Å². The van der Waals surface area contributed by atoms with Gasteiger partial charge in [0.1, 0.15) is 5.69 Å². The number of aliphatic hydroxyl groups is 1. The molecule has 0 atom stereocenters. The second-order valence-corrected chi connectivity index (χ2v) is 10.6. The largest absolute Gasteiger partial charge is 0.390 e. The molecule has 6 nitrogen and oxygen atoms in total. The number of benzene rings is 4. The summed E-state index contributed by atoms with van der Waals surface area (Å²) in [6, 6.07) is 26.2. The van der Waals surface area contributed by atoms with Gasteiger partial charge in [-0.3, -0.25) is 14.2 Å². The monoisotopic (exact) mass is 626 g/mol. The van der Waals surface area contributed by atoms with Gasteiger partial charge in [0.05, 0.1) is 36.4 Å². The Hall–Kier alpha value is -3.39. The Morgan fingerprint density at radius 2 is 1.17 bits per heavy atom. The molecule has 0 spiro atoms. The fourth-order valence-electron chi connectivity index (χ4n) is 4.42. The molecule has 0 bridgehead atoms. The Morgan fingerprint density at radius 1 is 0.683 bits per heavy atom. The Labute approximate surface area is 257 Å². The molecule has 2 aromatic heterocycles. The van der Waals surface area contributed by atoms with Crippen molar-refractivity contribution in [2.45, 2.75) is 27.1 Å². The van der Waals surface area contributed by atoms with E-state index in [9.17, 15) is 9.90 Å². The van der Waals surface area contributed by atoms with Crippen molar-refractivity contribution >= 4 is 74.5 Å². The lowest BCUT2D eigenvalue weighted by atomic mass is 10.2. The van der Waals surface area contributed by atoms with E-state index in [0.29, 0.717) is 44.6 Å². The molecule has 210 valence electrons. The first-order chi connectivity index (χ1) is 19.4. The van der Waals surface area contributed by atoms with Gasteiger partial charge in [-0.05, 0) is 47.5 Å². The second-order valence-electron chi connectivity index (χ2n) is 8.93. The number of carbonyl (C=O) groups is 1. The van der Waals surface area contributed by atoms with E-state index in [4.69, 9.17) is 46.4 Å². The summed E-state index contributed by atoms with van der Waals surface area (Å²) < 4.78 is 3.62. The molecule has 0 saturated heterocycles. The van der Waals surface area contributed by atoms with Gasteiger partial charge in [0.15, 0.2) is 6.29 Å². The van der Waals surface area contributed by atoms with Crippen LogP contribution in [-0.4, -0.2) is 31.0 Å². The third-order valence-corrected chi connectivity index (χ3v) is 7.53. The van der Waals surface area contributed by atoms with E-state index in [0.717, 1.165) is 39.2 Å². The fourth-order valence-corrected chi connectivity index (χ4v) is 5.35. The van der Waals surface area contributed by atoms with Crippen LogP contribution in [-0.2, 0) is 19.7 Å². The van der Waals surface area contributed by atoms with E-state index < -0.39 is 0 Å². The van der Waals surface area contributed by atoms with E-state index in [-0.39, 0.29) is 14.0 Å². The van der Waals surface area contributed by atoms with Crippen molar-refractivity contribution in [3.05, 3.63) is 128 Å². The zero-order valence-electron chi connectivity index (χ0n) is 20.9. The number of hydrogen-bond donors (Lipinski definition) is 1. The summed E-state index contributed by atoms with van der Waals surface area (Å²) in [5, 5.41) is 22.4.